The van der Waals surface area contributed by atoms with Crippen LogP contribution in [0.15, 0.2) is 5.11 Å². The van der Waals surface area contributed by atoms with Crippen molar-refractivity contribution in [2.75, 3.05) is 20.8 Å². The van der Waals surface area contributed by atoms with Gasteiger partial charge in [0.1, 0.15) is 0 Å². The molecule has 0 heterocycles. The van der Waals surface area contributed by atoms with Gasteiger partial charge in [0, 0.05) is 25.6 Å². The third-order valence-electron chi connectivity index (χ3n) is 1.79. The number of hydrogen-bond donors (Lipinski definition) is 2. The number of nitrogens with zero attached hydrogens (tertiary/aromatic N) is 3. The van der Waals surface area contributed by atoms with E-state index in [2.05, 4.69) is 10.0 Å². The first kappa shape index (κ1) is 13.2. The predicted octanol–water partition coefficient (Wildman–Crippen LogP) is 0.0275. The quantitative estimate of drug-likeness (QED) is 0.264. The molecule has 7 nitrogen and oxygen atoms in total. The molecule has 0 fully saturated rings. The number of ether oxygens (including phenoxy) is 2. The van der Waals surface area contributed by atoms with E-state index < -0.39 is 25.0 Å². The summed E-state index contributed by atoms with van der Waals surface area (Å²) in [7, 11) is 2.87. The van der Waals surface area contributed by atoms with E-state index in [1.165, 1.54) is 14.2 Å². The Balaban J connectivity index is 4.27. The Labute approximate surface area is 81.9 Å². The van der Waals surface area contributed by atoms with Crippen molar-refractivity contribution in [2.45, 2.75) is 24.9 Å². The largest absolute Gasteiger partial charge is 0.394 e. The van der Waals surface area contributed by atoms with Crippen LogP contribution in [0.5, 0.6) is 0 Å². The highest BCUT2D eigenvalue weighted by atomic mass is 16.7. The van der Waals surface area contributed by atoms with Crippen LogP contribution in [-0.2, 0) is 9.47 Å². The van der Waals surface area contributed by atoms with Crippen LogP contribution >= 0.6 is 0 Å². The van der Waals surface area contributed by atoms with E-state index in [4.69, 9.17) is 20.1 Å². The van der Waals surface area contributed by atoms with E-state index in [-0.39, 0.29) is 6.42 Å². The summed E-state index contributed by atoms with van der Waals surface area (Å²) in [6.07, 6.45) is -1.47. The summed E-state index contributed by atoms with van der Waals surface area (Å²) in [5.41, 5.74) is 8.22. The summed E-state index contributed by atoms with van der Waals surface area (Å²) in [6, 6.07) is -0.755. The molecule has 2 atom stereocenters. The third kappa shape index (κ3) is 4.40. The standard InChI is InChI=1S/C7H15N3O4/c1-13-7(14-2)3-5(9-10-8)6(12)4-11/h5-7,11-12H,3-4H2,1-2H3/t5-,6+/m1/s1. The zero-order valence-electron chi connectivity index (χ0n) is 8.20. The minimum absolute atomic E-state index is 0.193. The molecule has 82 valence electrons. The number of methoxy groups -OCH3 is 2. The maximum atomic E-state index is 9.26. The minimum atomic E-state index is -1.10. The molecule has 0 aliphatic heterocycles. The summed E-state index contributed by atoms with van der Waals surface area (Å²) in [6.45, 7) is -0.468. The van der Waals surface area contributed by atoms with Gasteiger partial charge in [-0.25, -0.2) is 0 Å². The van der Waals surface area contributed by atoms with Crippen LogP contribution in [-0.4, -0.2) is 49.5 Å². The lowest BCUT2D eigenvalue weighted by atomic mass is 10.1. The van der Waals surface area contributed by atoms with E-state index in [0.717, 1.165) is 0 Å². The van der Waals surface area contributed by atoms with Gasteiger partial charge >= 0.3 is 0 Å². The molecule has 0 spiro atoms. The Morgan fingerprint density at radius 1 is 1.43 bits per heavy atom. The second kappa shape index (κ2) is 7.54. The third-order valence-corrected chi connectivity index (χ3v) is 1.79. The van der Waals surface area contributed by atoms with Gasteiger partial charge in [-0.05, 0) is 5.53 Å². The van der Waals surface area contributed by atoms with Crippen LogP contribution in [0.2, 0.25) is 0 Å². The van der Waals surface area contributed by atoms with Gasteiger partial charge < -0.3 is 19.7 Å². The molecule has 0 saturated carbocycles. The second-order valence-electron chi connectivity index (χ2n) is 2.66. The van der Waals surface area contributed by atoms with Gasteiger partial charge in [-0.1, -0.05) is 5.11 Å². The lowest BCUT2D eigenvalue weighted by Crippen LogP contribution is -2.32. The molecular weight excluding hydrogens is 190 g/mol. The van der Waals surface area contributed by atoms with Crippen LogP contribution in [0.25, 0.3) is 10.4 Å². The molecule has 7 heteroatoms. The van der Waals surface area contributed by atoms with Crippen molar-refractivity contribution >= 4 is 0 Å². The number of aliphatic hydroxyl groups excluding tert-OH is 2. The monoisotopic (exact) mass is 205 g/mol. The maximum absolute atomic E-state index is 9.26. The van der Waals surface area contributed by atoms with Gasteiger partial charge in [0.15, 0.2) is 6.29 Å². The summed E-state index contributed by atoms with van der Waals surface area (Å²) in [5, 5.41) is 21.3. The SMILES string of the molecule is COC(C[C@@H](N=[N+]=[N-])[C@@H](O)CO)OC. The highest BCUT2D eigenvalue weighted by Crippen LogP contribution is 2.10. The first-order valence-corrected chi connectivity index (χ1v) is 4.08. The van der Waals surface area contributed by atoms with Crippen LogP contribution in [0, 0.1) is 0 Å². The Morgan fingerprint density at radius 3 is 2.36 bits per heavy atom. The van der Waals surface area contributed by atoms with E-state index in [9.17, 15) is 5.11 Å². The topological polar surface area (TPSA) is 108 Å². The summed E-state index contributed by atoms with van der Waals surface area (Å²) in [4.78, 5) is 2.57. The van der Waals surface area contributed by atoms with E-state index in [1.54, 1.807) is 0 Å². The summed E-state index contributed by atoms with van der Waals surface area (Å²) < 4.78 is 9.75. The van der Waals surface area contributed by atoms with Gasteiger partial charge in [-0.3, -0.25) is 0 Å². The zero-order chi connectivity index (χ0) is 11.0. The van der Waals surface area contributed by atoms with Gasteiger partial charge in [0.25, 0.3) is 0 Å². The molecule has 0 aromatic rings. The maximum Gasteiger partial charge on any atom is 0.157 e. The second-order valence-corrected chi connectivity index (χ2v) is 2.66. The fourth-order valence-corrected chi connectivity index (χ4v) is 0.955. The molecule has 0 unspecified atom stereocenters. The fraction of sp³-hybridized carbons (Fsp3) is 1.00. The van der Waals surface area contributed by atoms with Crippen molar-refractivity contribution in [1.29, 1.82) is 0 Å². The molecule has 14 heavy (non-hydrogen) atoms. The van der Waals surface area contributed by atoms with Gasteiger partial charge in [0.05, 0.1) is 18.8 Å². The predicted molar refractivity (Wildman–Crippen MR) is 48.4 cm³/mol. The first-order chi connectivity index (χ1) is 6.69. The van der Waals surface area contributed by atoms with Crippen molar-refractivity contribution in [1.82, 2.24) is 0 Å². The van der Waals surface area contributed by atoms with Crippen molar-refractivity contribution in [3.63, 3.8) is 0 Å². The van der Waals surface area contributed by atoms with Crippen molar-refractivity contribution in [3.05, 3.63) is 10.4 Å². The normalized spacial score (nSPS) is 14.9. The molecule has 0 aliphatic rings. The molecule has 0 aromatic heterocycles. The molecule has 0 radical (unpaired) electrons. The fourth-order valence-electron chi connectivity index (χ4n) is 0.955. The van der Waals surface area contributed by atoms with E-state index in [0.29, 0.717) is 0 Å². The Hall–Kier alpha value is -0.850. The minimum Gasteiger partial charge on any atom is -0.394 e. The molecule has 0 saturated heterocycles. The highest BCUT2D eigenvalue weighted by molar-refractivity contribution is 4.76. The van der Waals surface area contributed by atoms with Crippen LogP contribution in [0.1, 0.15) is 6.42 Å². The molecular formula is C7H15N3O4. The average molecular weight is 205 g/mol. The Kier molecular flexibility index (Phi) is 7.09. The first-order valence-electron chi connectivity index (χ1n) is 4.08. The number of aliphatic hydroxyl groups is 2. The van der Waals surface area contributed by atoms with Crippen LogP contribution < -0.4 is 0 Å². The van der Waals surface area contributed by atoms with Gasteiger partial charge in [-0.2, -0.15) is 0 Å². The molecule has 0 amide bonds. The Morgan fingerprint density at radius 2 is 2.00 bits per heavy atom. The zero-order valence-corrected chi connectivity index (χ0v) is 8.20. The average Bonchev–Trinajstić information content (AvgIpc) is 2.23. The summed E-state index contributed by atoms with van der Waals surface area (Å²) >= 11 is 0. The van der Waals surface area contributed by atoms with Crippen LogP contribution in [0.4, 0.5) is 0 Å². The molecule has 0 bridgehead atoms. The van der Waals surface area contributed by atoms with E-state index >= 15 is 0 Å². The smallest absolute Gasteiger partial charge is 0.157 e. The lowest BCUT2D eigenvalue weighted by Gasteiger charge is -2.20. The summed E-state index contributed by atoms with van der Waals surface area (Å²) in [5.74, 6) is 0. The molecule has 0 aromatic carbocycles. The molecule has 0 rings (SSSR count). The Bertz CT molecular complexity index is 191. The molecule has 0 aliphatic carbocycles. The van der Waals surface area contributed by atoms with Crippen molar-refractivity contribution in [3.8, 4) is 0 Å². The van der Waals surface area contributed by atoms with Crippen molar-refractivity contribution in [2.24, 2.45) is 5.11 Å². The molecule has 2 N–H and O–H groups in total. The van der Waals surface area contributed by atoms with Gasteiger partial charge in [-0.15, -0.1) is 0 Å². The number of azide groups is 1. The lowest BCUT2D eigenvalue weighted by molar-refractivity contribution is -0.115. The number of rotatable bonds is 7. The number of hydrogen-bond acceptors (Lipinski definition) is 5. The van der Waals surface area contributed by atoms with Crippen molar-refractivity contribution < 1.29 is 19.7 Å². The van der Waals surface area contributed by atoms with Crippen LogP contribution in [0.3, 0.4) is 0 Å². The van der Waals surface area contributed by atoms with Gasteiger partial charge in [0.2, 0.25) is 0 Å². The highest BCUT2D eigenvalue weighted by Gasteiger charge is 2.21. The van der Waals surface area contributed by atoms with E-state index in [1.807, 2.05) is 0 Å².